The van der Waals surface area contributed by atoms with E-state index in [0.717, 1.165) is 31.9 Å². The predicted molar refractivity (Wildman–Crippen MR) is 73.0 cm³/mol. The number of nitrogens with zero attached hydrogens (tertiary/aromatic N) is 2. The normalized spacial score (nSPS) is 11.0. The molecule has 0 saturated carbocycles. The van der Waals surface area contributed by atoms with Gasteiger partial charge in [-0.05, 0) is 31.6 Å². The molecule has 1 aromatic rings. The molecule has 0 spiro atoms. The van der Waals surface area contributed by atoms with Gasteiger partial charge in [0.15, 0.2) is 0 Å². The average molecular weight is 235 g/mol. The van der Waals surface area contributed by atoms with E-state index in [-0.39, 0.29) is 0 Å². The van der Waals surface area contributed by atoms with Crippen molar-refractivity contribution in [2.75, 3.05) is 26.2 Å². The number of aromatic nitrogens is 1. The van der Waals surface area contributed by atoms with Crippen molar-refractivity contribution >= 4 is 0 Å². The van der Waals surface area contributed by atoms with Crippen LogP contribution < -0.4 is 5.32 Å². The molecule has 0 aromatic carbocycles. The first-order chi connectivity index (χ1) is 8.36. The fourth-order valence-corrected chi connectivity index (χ4v) is 1.77. The first-order valence-corrected chi connectivity index (χ1v) is 6.69. The molecule has 1 heterocycles. The molecule has 0 radical (unpaired) electrons. The van der Waals surface area contributed by atoms with Gasteiger partial charge in [-0.1, -0.05) is 26.3 Å². The fraction of sp³-hybridized carbons (Fsp3) is 0.643. The zero-order valence-corrected chi connectivity index (χ0v) is 11.2. The van der Waals surface area contributed by atoms with E-state index in [4.69, 9.17) is 0 Å². The van der Waals surface area contributed by atoms with E-state index in [9.17, 15) is 0 Å². The maximum atomic E-state index is 4.29. The Bertz CT molecular complexity index is 274. The molecule has 1 N–H and O–H groups in total. The van der Waals surface area contributed by atoms with E-state index in [1.54, 1.807) is 0 Å². The standard InChI is InChI=1S/C14H25N3/c1-3-5-11-17(4-2)12-10-15-13-14-8-6-7-9-16-14/h6-9,15H,3-5,10-13H2,1-2H3. The Morgan fingerprint density at radius 3 is 2.76 bits per heavy atom. The third-order valence-electron chi connectivity index (χ3n) is 2.91. The molecule has 1 rings (SSSR count). The summed E-state index contributed by atoms with van der Waals surface area (Å²) in [4.78, 5) is 6.78. The van der Waals surface area contributed by atoms with Gasteiger partial charge in [0.05, 0.1) is 5.69 Å². The lowest BCUT2D eigenvalue weighted by Crippen LogP contribution is -2.32. The number of rotatable bonds is 9. The van der Waals surface area contributed by atoms with Gasteiger partial charge in [-0.15, -0.1) is 0 Å². The number of pyridine rings is 1. The highest BCUT2D eigenvalue weighted by atomic mass is 15.1. The molecule has 0 bridgehead atoms. The first-order valence-electron chi connectivity index (χ1n) is 6.69. The molecule has 0 saturated heterocycles. The van der Waals surface area contributed by atoms with Gasteiger partial charge in [-0.3, -0.25) is 4.98 Å². The van der Waals surface area contributed by atoms with Crippen molar-refractivity contribution in [3.05, 3.63) is 30.1 Å². The third kappa shape index (κ3) is 6.39. The van der Waals surface area contributed by atoms with E-state index in [2.05, 4.69) is 35.1 Å². The molecule has 0 amide bonds. The maximum Gasteiger partial charge on any atom is 0.0541 e. The zero-order valence-electron chi connectivity index (χ0n) is 11.2. The number of hydrogen-bond acceptors (Lipinski definition) is 3. The van der Waals surface area contributed by atoms with Crippen LogP contribution in [0.25, 0.3) is 0 Å². The van der Waals surface area contributed by atoms with Gasteiger partial charge in [0.2, 0.25) is 0 Å². The van der Waals surface area contributed by atoms with Gasteiger partial charge in [0, 0.05) is 25.8 Å². The summed E-state index contributed by atoms with van der Waals surface area (Å²) < 4.78 is 0. The van der Waals surface area contributed by atoms with Crippen LogP contribution in [0.5, 0.6) is 0 Å². The predicted octanol–water partition coefficient (Wildman–Crippen LogP) is 2.29. The first kappa shape index (κ1) is 14.1. The summed E-state index contributed by atoms with van der Waals surface area (Å²) in [6.45, 7) is 9.87. The molecular formula is C14H25N3. The van der Waals surface area contributed by atoms with Crippen molar-refractivity contribution in [2.45, 2.75) is 33.2 Å². The third-order valence-corrected chi connectivity index (χ3v) is 2.91. The Hall–Kier alpha value is -0.930. The van der Waals surface area contributed by atoms with E-state index in [1.165, 1.54) is 19.4 Å². The summed E-state index contributed by atoms with van der Waals surface area (Å²) in [5.74, 6) is 0. The van der Waals surface area contributed by atoms with Crippen molar-refractivity contribution in [3.63, 3.8) is 0 Å². The molecule has 0 fully saturated rings. The minimum atomic E-state index is 0.867. The van der Waals surface area contributed by atoms with Crippen LogP contribution in [0.15, 0.2) is 24.4 Å². The SMILES string of the molecule is CCCCN(CC)CCNCc1ccccn1. The van der Waals surface area contributed by atoms with Crippen LogP contribution in [0.1, 0.15) is 32.4 Å². The van der Waals surface area contributed by atoms with E-state index < -0.39 is 0 Å². The van der Waals surface area contributed by atoms with Gasteiger partial charge in [-0.25, -0.2) is 0 Å². The molecule has 1 aromatic heterocycles. The Labute approximate surface area is 105 Å². The maximum absolute atomic E-state index is 4.29. The fourth-order valence-electron chi connectivity index (χ4n) is 1.77. The van der Waals surface area contributed by atoms with Gasteiger partial charge < -0.3 is 10.2 Å². The molecule has 3 nitrogen and oxygen atoms in total. The van der Waals surface area contributed by atoms with Crippen LogP contribution in [-0.2, 0) is 6.54 Å². The topological polar surface area (TPSA) is 28.2 Å². The minimum Gasteiger partial charge on any atom is -0.310 e. The van der Waals surface area contributed by atoms with Crippen molar-refractivity contribution in [2.24, 2.45) is 0 Å². The number of likely N-dealkylation sites (N-methyl/N-ethyl adjacent to an activating group) is 1. The van der Waals surface area contributed by atoms with Crippen LogP contribution in [-0.4, -0.2) is 36.1 Å². The highest BCUT2D eigenvalue weighted by Gasteiger charge is 2.00. The lowest BCUT2D eigenvalue weighted by Gasteiger charge is -2.20. The van der Waals surface area contributed by atoms with Gasteiger partial charge in [0.1, 0.15) is 0 Å². The Balaban J connectivity index is 2.10. The lowest BCUT2D eigenvalue weighted by atomic mass is 10.3. The summed E-state index contributed by atoms with van der Waals surface area (Å²) in [5.41, 5.74) is 1.11. The number of nitrogens with one attached hydrogen (secondary N) is 1. The minimum absolute atomic E-state index is 0.867. The smallest absolute Gasteiger partial charge is 0.0541 e. The molecule has 96 valence electrons. The molecule has 0 aliphatic rings. The van der Waals surface area contributed by atoms with Crippen molar-refractivity contribution in [3.8, 4) is 0 Å². The largest absolute Gasteiger partial charge is 0.310 e. The van der Waals surface area contributed by atoms with Crippen LogP contribution in [0.3, 0.4) is 0 Å². The average Bonchev–Trinajstić information content (AvgIpc) is 2.39. The molecule has 0 atom stereocenters. The molecule has 0 aliphatic heterocycles. The second kappa shape index (κ2) is 9.14. The van der Waals surface area contributed by atoms with Crippen molar-refractivity contribution < 1.29 is 0 Å². The summed E-state index contributed by atoms with van der Waals surface area (Å²) in [5, 5.41) is 3.44. The molecular weight excluding hydrogens is 210 g/mol. The quantitative estimate of drug-likeness (QED) is 0.666. The molecule has 0 aliphatic carbocycles. The van der Waals surface area contributed by atoms with Gasteiger partial charge in [0.25, 0.3) is 0 Å². The van der Waals surface area contributed by atoms with Gasteiger partial charge >= 0.3 is 0 Å². The van der Waals surface area contributed by atoms with Crippen LogP contribution >= 0.6 is 0 Å². The van der Waals surface area contributed by atoms with E-state index in [0.29, 0.717) is 0 Å². The van der Waals surface area contributed by atoms with Crippen LogP contribution in [0.2, 0.25) is 0 Å². The van der Waals surface area contributed by atoms with E-state index >= 15 is 0 Å². The highest BCUT2D eigenvalue weighted by Crippen LogP contribution is 1.95. The van der Waals surface area contributed by atoms with Crippen LogP contribution in [0, 0.1) is 0 Å². The summed E-state index contributed by atoms with van der Waals surface area (Å²) in [6.07, 6.45) is 4.42. The second-order valence-corrected chi connectivity index (χ2v) is 4.29. The van der Waals surface area contributed by atoms with Crippen molar-refractivity contribution in [1.82, 2.24) is 15.2 Å². The van der Waals surface area contributed by atoms with Crippen molar-refractivity contribution in [1.29, 1.82) is 0 Å². The summed E-state index contributed by atoms with van der Waals surface area (Å²) in [6, 6.07) is 6.04. The highest BCUT2D eigenvalue weighted by molar-refractivity contribution is 5.02. The monoisotopic (exact) mass is 235 g/mol. The molecule has 3 heteroatoms. The summed E-state index contributed by atoms with van der Waals surface area (Å²) >= 11 is 0. The molecule has 0 unspecified atom stereocenters. The number of unbranched alkanes of at least 4 members (excludes halogenated alkanes) is 1. The number of hydrogen-bond donors (Lipinski definition) is 1. The Kier molecular flexibility index (Phi) is 7.60. The van der Waals surface area contributed by atoms with Crippen LogP contribution in [0.4, 0.5) is 0 Å². The summed E-state index contributed by atoms with van der Waals surface area (Å²) in [7, 11) is 0. The van der Waals surface area contributed by atoms with E-state index in [1.807, 2.05) is 18.3 Å². The Morgan fingerprint density at radius 2 is 2.12 bits per heavy atom. The zero-order chi connectivity index (χ0) is 12.3. The Morgan fingerprint density at radius 1 is 1.24 bits per heavy atom. The lowest BCUT2D eigenvalue weighted by molar-refractivity contribution is 0.282. The molecule has 17 heavy (non-hydrogen) atoms. The second-order valence-electron chi connectivity index (χ2n) is 4.29. The van der Waals surface area contributed by atoms with Gasteiger partial charge in [-0.2, -0.15) is 0 Å².